The molecule has 0 aliphatic rings. The highest BCUT2D eigenvalue weighted by Crippen LogP contribution is 2.25. The highest BCUT2D eigenvalue weighted by Gasteiger charge is 2.27. The van der Waals surface area contributed by atoms with Crippen molar-refractivity contribution in [2.24, 2.45) is 0 Å². The first-order chi connectivity index (χ1) is 7.88. The Labute approximate surface area is 105 Å². The van der Waals surface area contributed by atoms with Gasteiger partial charge < -0.3 is 15.2 Å². The van der Waals surface area contributed by atoms with E-state index in [1.807, 2.05) is 0 Å². The molecule has 0 aliphatic heterocycles. The average Bonchev–Trinajstić information content (AvgIpc) is 2.18. The first-order valence-corrected chi connectivity index (χ1v) is 5.50. The molecule has 2 N–H and O–H groups in total. The standard InChI is InChI=1S/C10H11BrF3NO2/c11-7-1-2-9(8(15)5-7)17-4-3-16-6-10(12,13)14/h1-2,5H,3-4,6,15H2. The van der Waals surface area contributed by atoms with Gasteiger partial charge in [0.1, 0.15) is 19.0 Å². The maximum Gasteiger partial charge on any atom is 0.411 e. The summed E-state index contributed by atoms with van der Waals surface area (Å²) in [5.41, 5.74) is 6.04. The van der Waals surface area contributed by atoms with Crippen LogP contribution in [0.4, 0.5) is 18.9 Å². The molecule has 0 saturated heterocycles. The SMILES string of the molecule is Nc1cc(Br)ccc1OCCOCC(F)(F)F. The lowest BCUT2D eigenvalue weighted by Gasteiger charge is -2.10. The monoisotopic (exact) mass is 313 g/mol. The number of hydrogen-bond acceptors (Lipinski definition) is 3. The lowest BCUT2D eigenvalue weighted by molar-refractivity contribution is -0.175. The summed E-state index contributed by atoms with van der Waals surface area (Å²) in [6, 6.07) is 5.00. The van der Waals surface area contributed by atoms with Crippen LogP contribution in [0.25, 0.3) is 0 Å². The number of alkyl halides is 3. The highest BCUT2D eigenvalue weighted by molar-refractivity contribution is 9.10. The van der Waals surface area contributed by atoms with Crippen LogP contribution in [0, 0.1) is 0 Å². The van der Waals surface area contributed by atoms with Gasteiger partial charge in [-0.05, 0) is 18.2 Å². The van der Waals surface area contributed by atoms with E-state index in [1.165, 1.54) is 0 Å². The van der Waals surface area contributed by atoms with Crippen LogP contribution in [-0.4, -0.2) is 26.0 Å². The largest absolute Gasteiger partial charge is 0.489 e. The zero-order valence-corrected chi connectivity index (χ0v) is 10.3. The maximum atomic E-state index is 11.7. The molecule has 1 aromatic rings. The van der Waals surface area contributed by atoms with Gasteiger partial charge in [-0.2, -0.15) is 13.2 Å². The van der Waals surface area contributed by atoms with E-state index in [2.05, 4.69) is 20.7 Å². The van der Waals surface area contributed by atoms with E-state index in [1.54, 1.807) is 18.2 Å². The number of anilines is 1. The Bertz CT molecular complexity index is 371. The number of nitrogen functional groups attached to an aromatic ring is 1. The number of rotatable bonds is 5. The Morgan fingerprint density at radius 3 is 2.53 bits per heavy atom. The molecular weight excluding hydrogens is 303 g/mol. The second-order valence-electron chi connectivity index (χ2n) is 3.20. The van der Waals surface area contributed by atoms with Crippen molar-refractivity contribution in [3.63, 3.8) is 0 Å². The first kappa shape index (κ1) is 14.1. The minimum absolute atomic E-state index is 0.0158. The maximum absolute atomic E-state index is 11.7. The van der Waals surface area contributed by atoms with Crippen molar-refractivity contribution >= 4 is 21.6 Å². The van der Waals surface area contributed by atoms with Gasteiger partial charge in [-0.15, -0.1) is 0 Å². The van der Waals surface area contributed by atoms with Crippen molar-refractivity contribution in [2.45, 2.75) is 6.18 Å². The molecule has 0 atom stereocenters. The van der Waals surface area contributed by atoms with Gasteiger partial charge in [0.15, 0.2) is 0 Å². The van der Waals surface area contributed by atoms with Gasteiger partial charge in [-0.3, -0.25) is 0 Å². The van der Waals surface area contributed by atoms with E-state index in [0.717, 1.165) is 4.47 Å². The summed E-state index contributed by atoms with van der Waals surface area (Å²) in [4.78, 5) is 0. The lowest BCUT2D eigenvalue weighted by atomic mass is 10.3. The van der Waals surface area contributed by atoms with Crippen molar-refractivity contribution in [3.8, 4) is 5.75 Å². The van der Waals surface area contributed by atoms with Gasteiger partial charge in [0.05, 0.1) is 12.3 Å². The van der Waals surface area contributed by atoms with Crippen molar-refractivity contribution in [1.82, 2.24) is 0 Å². The summed E-state index contributed by atoms with van der Waals surface area (Å²) in [5.74, 6) is 0.420. The minimum Gasteiger partial charge on any atom is -0.489 e. The second kappa shape index (κ2) is 6.11. The molecule has 0 amide bonds. The van der Waals surface area contributed by atoms with Gasteiger partial charge >= 0.3 is 6.18 Å². The topological polar surface area (TPSA) is 44.5 Å². The van der Waals surface area contributed by atoms with E-state index in [9.17, 15) is 13.2 Å². The smallest absolute Gasteiger partial charge is 0.411 e. The van der Waals surface area contributed by atoms with E-state index >= 15 is 0 Å². The zero-order valence-electron chi connectivity index (χ0n) is 8.76. The molecule has 0 unspecified atom stereocenters. The fourth-order valence-corrected chi connectivity index (χ4v) is 1.43. The Kier molecular flexibility index (Phi) is 5.07. The molecule has 1 aromatic carbocycles. The zero-order chi connectivity index (χ0) is 12.9. The lowest BCUT2D eigenvalue weighted by Crippen LogP contribution is -2.19. The van der Waals surface area contributed by atoms with Crippen LogP contribution in [0.15, 0.2) is 22.7 Å². The first-order valence-electron chi connectivity index (χ1n) is 4.71. The summed E-state index contributed by atoms with van der Waals surface area (Å²) >= 11 is 3.23. The molecule has 96 valence electrons. The highest BCUT2D eigenvalue weighted by atomic mass is 79.9. The van der Waals surface area contributed by atoms with E-state index in [0.29, 0.717) is 11.4 Å². The molecule has 1 rings (SSSR count). The molecule has 0 aromatic heterocycles. The van der Waals surface area contributed by atoms with Crippen molar-refractivity contribution in [2.75, 3.05) is 25.6 Å². The summed E-state index contributed by atoms with van der Waals surface area (Å²) in [7, 11) is 0. The third-order valence-corrected chi connectivity index (χ3v) is 2.22. The van der Waals surface area contributed by atoms with E-state index in [-0.39, 0.29) is 13.2 Å². The Morgan fingerprint density at radius 2 is 1.94 bits per heavy atom. The number of hydrogen-bond donors (Lipinski definition) is 1. The summed E-state index contributed by atoms with van der Waals surface area (Å²) in [6.45, 7) is -1.40. The molecule has 7 heteroatoms. The van der Waals surface area contributed by atoms with Gasteiger partial charge in [-0.25, -0.2) is 0 Å². The molecule has 0 heterocycles. The van der Waals surface area contributed by atoms with E-state index < -0.39 is 12.8 Å². The van der Waals surface area contributed by atoms with Crippen LogP contribution in [-0.2, 0) is 4.74 Å². The number of ether oxygens (including phenoxy) is 2. The van der Waals surface area contributed by atoms with Gasteiger partial charge in [0, 0.05) is 4.47 Å². The number of nitrogens with two attached hydrogens (primary N) is 1. The molecule has 0 fully saturated rings. The molecular formula is C10H11BrF3NO2. The van der Waals surface area contributed by atoms with Crippen molar-refractivity contribution in [1.29, 1.82) is 0 Å². The molecule has 3 nitrogen and oxygen atoms in total. The van der Waals surface area contributed by atoms with Crippen LogP contribution >= 0.6 is 15.9 Å². The molecule has 0 aliphatic carbocycles. The molecule has 0 saturated carbocycles. The van der Waals surface area contributed by atoms with E-state index in [4.69, 9.17) is 10.5 Å². The third-order valence-electron chi connectivity index (χ3n) is 1.72. The fraction of sp³-hybridized carbons (Fsp3) is 0.400. The summed E-state index contributed by atoms with van der Waals surface area (Å²) in [6.07, 6.45) is -4.31. The predicted molar refractivity (Wildman–Crippen MR) is 60.9 cm³/mol. The van der Waals surface area contributed by atoms with Crippen molar-refractivity contribution in [3.05, 3.63) is 22.7 Å². The minimum atomic E-state index is -4.31. The predicted octanol–water partition coefficient (Wildman–Crippen LogP) is 2.99. The van der Waals surface area contributed by atoms with Gasteiger partial charge in [0.25, 0.3) is 0 Å². The average molecular weight is 314 g/mol. The Hall–Kier alpha value is -0.950. The summed E-state index contributed by atoms with van der Waals surface area (Å²) in [5, 5.41) is 0. The molecule has 0 spiro atoms. The van der Waals surface area contributed by atoms with Crippen LogP contribution in [0.2, 0.25) is 0 Å². The number of benzene rings is 1. The Morgan fingerprint density at radius 1 is 1.24 bits per heavy atom. The third kappa shape index (κ3) is 5.78. The molecule has 0 radical (unpaired) electrons. The van der Waals surface area contributed by atoms with Crippen LogP contribution in [0.5, 0.6) is 5.75 Å². The van der Waals surface area contributed by atoms with Crippen LogP contribution < -0.4 is 10.5 Å². The van der Waals surface area contributed by atoms with Gasteiger partial charge in [0.2, 0.25) is 0 Å². The second-order valence-corrected chi connectivity index (χ2v) is 4.11. The Balaban J connectivity index is 2.27. The molecule has 0 bridgehead atoms. The van der Waals surface area contributed by atoms with Gasteiger partial charge in [-0.1, -0.05) is 15.9 Å². The van der Waals surface area contributed by atoms with Crippen molar-refractivity contribution < 1.29 is 22.6 Å². The number of halogens is 4. The fourth-order valence-electron chi connectivity index (χ4n) is 1.05. The summed E-state index contributed by atoms with van der Waals surface area (Å²) < 4.78 is 45.5. The molecule has 17 heavy (non-hydrogen) atoms. The van der Waals surface area contributed by atoms with Crippen LogP contribution in [0.3, 0.4) is 0 Å². The normalized spacial score (nSPS) is 11.5. The quantitative estimate of drug-likeness (QED) is 0.671. The van der Waals surface area contributed by atoms with Crippen LogP contribution in [0.1, 0.15) is 0 Å².